The summed E-state index contributed by atoms with van der Waals surface area (Å²) < 4.78 is 28.6. The molecule has 2 rings (SSSR count). The van der Waals surface area contributed by atoms with Crippen LogP contribution in [0.25, 0.3) is 5.57 Å². The van der Waals surface area contributed by atoms with Gasteiger partial charge in [0.15, 0.2) is 11.6 Å². The number of aliphatic hydroxyl groups excluding tert-OH is 1. The fourth-order valence-electron chi connectivity index (χ4n) is 4.28. The monoisotopic (exact) mass is 613 g/mol. The lowest BCUT2D eigenvalue weighted by molar-refractivity contribution is -0.122. The Morgan fingerprint density at radius 1 is 1.05 bits per heavy atom. The van der Waals surface area contributed by atoms with E-state index in [4.69, 9.17) is 0 Å². The first-order valence-electron chi connectivity index (χ1n) is 15.0. The summed E-state index contributed by atoms with van der Waals surface area (Å²) in [5, 5.41) is 18.2. The quantitative estimate of drug-likeness (QED) is 0.115. The molecule has 2 unspecified atom stereocenters. The highest BCUT2D eigenvalue weighted by Gasteiger charge is 2.18. The lowest BCUT2D eigenvalue weighted by atomic mass is 10.0. The number of aryl methyl sites for hydroxylation is 2. The molecule has 2 atom stereocenters. The van der Waals surface area contributed by atoms with Gasteiger partial charge in [0, 0.05) is 43.2 Å². The summed E-state index contributed by atoms with van der Waals surface area (Å²) in [5.41, 5.74) is 3.72. The number of halogens is 2. The Bertz CT molecular complexity index is 1340. The van der Waals surface area contributed by atoms with Gasteiger partial charge in [-0.1, -0.05) is 39.0 Å². The van der Waals surface area contributed by atoms with Gasteiger partial charge in [0.05, 0.1) is 18.2 Å². The van der Waals surface area contributed by atoms with E-state index >= 15 is 0 Å². The van der Waals surface area contributed by atoms with Gasteiger partial charge in [-0.25, -0.2) is 8.78 Å². The van der Waals surface area contributed by atoms with Crippen LogP contribution >= 0.6 is 0 Å². The van der Waals surface area contributed by atoms with Crippen LogP contribution in [0.1, 0.15) is 81.9 Å². The second-order valence-corrected chi connectivity index (χ2v) is 10.2. The maximum atomic E-state index is 14.5. The second-order valence-electron chi connectivity index (χ2n) is 10.2. The molecular formula is C34H49F2N5O3. The normalized spacial score (nSPS) is 13.1. The van der Waals surface area contributed by atoms with Crippen molar-refractivity contribution in [1.29, 1.82) is 0 Å². The first kappa shape index (κ1) is 38.0. The van der Waals surface area contributed by atoms with E-state index in [2.05, 4.69) is 20.9 Å². The molecule has 2 aromatic rings. The summed E-state index contributed by atoms with van der Waals surface area (Å²) >= 11 is 0. The van der Waals surface area contributed by atoms with E-state index in [1.54, 1.807) is 25.1 Å². The Morgan fingerprint density at radius 2 is 1.68 bits per heavy atom. The van der Waals surface area contributed by atoms with E-state index in [1.165, 1.54) is 20.0 Å². The number of hydrogen-bond acceptors (Lipinski definition) is 6. The molecule has 242 valence electrons. The number of rotatable bonds is 14. The average Bonchev–Trinajstić information content (AvgIpc) is 3.00. The molecule has 2 amide bonds. The summed E-state index contributed by atoms with van der Waals surface area (Å²) in [6, 6.07) is 8.56. The molecule has 0 saturated carbocycles. The molecule has 0 saturated heterocycles. The van der Waals surface area contributed by atoms with Crippen molar-refractivity contribution < 1.29 is 23.5 Å². The number of nitrogens with one attached hydrogen (secondary N) is 3. The fourth-order valence-corrected chi connectivity index (χ4v) is 4.28. The Labute approximate surface area is 261 Å². The van der Waals surface area contributed by atoms with Crippen molar-refractivity contribution in [3.8, 4) is 0 Å². The minimum absolute atomic E-state index is 0.0119. The zero-order valence-electron chi connectivity index (χ0n) is 27.5. The van der Waals surface area contributed by atoms with Crippen molar-refractivity contribution >= 4 is 28.8 Å². The molecule has 0 fully saturated rings. The van der Waals surface area contributed by atoms with Crippen LogP contribution in [0.5, 0.6) is 0 Å². The molecule has 2 aromatic carbocycles. The van der Waals surface area contributed by atoms with Crippen LogP contribution in [0.4, 0.5) is 14.5 Å². The molecule has 8 nitrogen and oxygen atoms in total. The van der Waals surface area contributed by atoms with Crippen LogP contribution in [0.15, 0.2) is 53.8 Å². The summed E-state index contributed by atoms with van der Waals surface area (Å²) in [5.74, 6) is -2.28. The lowest BCUT2D eigenvalue weighted by Gasteiger charge is -2.29. The topological polar surface area (TPSA) is 106 Å². The third-order valence-corrected chi connectivity index (χ3v) is 6.60. The van der Waals surface area contributed by atoms with Gasteiger partial charge in [-0.2, -0.15) is 0 Å². The molecule has 44 heavy (non-hydrogen) atoms. The highest BCUT2D eigenvalue weighted by Crippen LogP contribution is 2.23. The molecular weight excluding hydrogens is 564 g/mol. The minimum atomic E-state index is -0.894. The number of nitrogens with zero attached hydrogens (tertiary/aromatic N) is 2. The van der Waals surface area contributed by atoms with Crippen LogP contribution in [0, 0.1) is 18.6 Å². The smallest absolute Gasteiger partial charge is 0.251 e. The molecule has 10 heteroatoms. The first-order chi connectivity index (χ1) is 20.9. The van der Waals surface area contributed by atoms with Crippen molar-refractivity contribution in [3.63, 3.8) is 0 Å². The van der Waals surface area contributed by atoms with Crippen molar-refractivity contribution in [2.24, 2.45) is 4.99 Å². The predicted molar refractivity (Wildman–Crippen MR) is 177 cm³/mol. The summed E-state index contributed by atoms with van der Waals surface area (Å²) in [6.45, 7) is 15.0. The summed E-state index contributed by atoms with van der Waals surface area (Å²) in [6.07, 6.45) is 4.85. The Balaban J connectivity index is 0.00000474. The number of hydrogen-bond donors (Lipinski definition) is 4. The average molecular weight is 614 g/mol. The zero-order chi connectivity index (χ0) is 33.4. The van der Waals surface area contributed by atoms with E-state index in [-0.39, 0.29) is 48.6 Å². The van der Waals surface area contributed by atoms with Crippen molar-refractivity contribution in [2.45, 2.75) is 80.5 Å². The molecule has 0 aromatic heterocycles. The van der Waals surface area contributed by atoms with E-state index in [1.807, 2.05) is 71.0 Å². The van der Waals surface area contributed by atoms with E-state index < -0.39 is 17.7 Å². The van der Waals surface area contributed by atoms with Crippen LogP contribution in [0.2, 0.25) is 0 Å². The highest BCUT2D eigenvalue weighted by molar-refractivity contribution is 5.96. The number of benzene rings is 2. The SMILES string of the molecule is C/C=C\N(C)C(Nc1ccc(C(=O)NCCNC(=O)CC(C)O)c(CC)c1)C(C)=N/C=C(\C)c1ccc(C)c(F)c1F.CC. The number of aliphatic imine (C=N–C) groups is 1. The van der Waals surface area contributed by atoms with Crippen molar-refractivity contribution in [2.75, 3.05) is 25.5 Å². The number of anilines is 1. The molecule has 0 spiro atoms. The van der Waals surface area contributed by atoms with Gasteiger partial charge in [0.1, 0.15) is 6.17 Å². The minimum Gasteiger partial charge on any atom is -0.393 e. The highest BCUT2D eigenvalue weighted by atomic mass is 19.2. The molecule has 4 N–H and O–H groups in total. The molecule has 0 aliphatic heterocycles. The largest absolute Gasteiger partial charge is 0.393 e. The Kier molecular flexibility index (Phi) is 16.6. The maximum Gasteiger partial charge on any atom is 0.251 e. The molecule has 0 aliphatic carbocycles. The van der Waals surface area contributed by atoms with Gasteiger partial charge in [0.2, 0.25) is 5.91 Å². The second kappa shape index (κ2) is 19.3. The summed E-state index contributed by atoms with van der Waals surface area (Å²) in [4.78, 5) is 31.0. The Hall–Kier alpha value is -4.05. The third kappa shape index (κ3) is 11.6. The predicted octanol–water partition coefficient (Wildman–Crippen LogP) is 6.20. The van der Waals surface area contributed by atoms with Crippen molar-refractivity contribution in [3.05, 3.63) is 82.7 Å². The molecule has 0 heterocycles. The zero-order valence-corrected chi connectivity index (χ0v) is 27.5. The van der Waals surface area contributed by atoms with Crippen LogP contribution in [0.3, 0.4) is 0 Å². The number of amides is 2. The van der Waals surface area contributed by atoms with Gasteiger partial charge in [-0.3, -0.25) is 14.6 Å². The molecule has 0 bridgehead atoms. The lowest BCUT2D eigenvalue weighted by Crippen LogP contribution is -2.40. The number of aliphatic hydroxyl groups is 1. The van der Waals surface area contributed by atoms with E-state index in [0.29, 0.717) is 23.3 Å². The van der Waals surface area contributed by atoms with Crippen LogP contribution < -0.4 is 16.0 Å². The van der Waals surface area contributed by atoms with Gasteiger partial charge in [0.25, 0.3) is 5.91 Å². The Morgan fingerprint density at radius 3 is 2.30 bits per heavy atom. The maximum absolute atomic E-state index is 14.5. The summed E-state index contributed by atoms with van der Waals surface area (Å²) in [7, 11) is 1.89. The van der Waals surface area contributed by atoms with Gasteiger partial charge >= 0.3 is 0 Å². The van der Waals surface area contributed by atoms with Gasteiger partial charge < -0.3 is 26.0 Å². The third-order valence-electron chi connectivity index (χ3n) is 6.60. The van der Waals surface area contributed by atoms with Crippen LogP contribution in [-0.2, 0) is 11.2 Å². The first-order valence-corrected chi connectivity index (χ1v) is 15.0. The number of carbonyl (C=O) groups excluding carboxylic acids is 2. The standard InChI is InChI=1S/C32H43F2N5O3.C2H6/c1-8-16-39(7)31(23(6)37-19-21(4)26-12-10-20(3)29(33)30(26)34)38-25-11-13-27(24(9-2)18-25)32(42)36-15-14-35-28(41)17-22(5)40;1-2/h8,10-13,16,18-19,22,31,38,40H,9,14-15,17H2,1-7H3,(H,35,41)(H,36,42);1-2H3/b16-8-,21-19+,37-23?;. The van der Waals surface area contributed by atoms with Gasteiger partial charge in [-0.15, -0.1) is 0 Å². The molecule has 0 radical (unpaired) electrons. The van der Waals surface area contributed by atoms with E-state index in [0.717, 1.165) is 11.3 Å². The van der Waals surface area contributed by atoms with Gasteiger partial charge in [-0.05, 0) is 82.1 Å². The fraction of sp³-hybridized carbons (Fsp3) is 0.441. The van der Waals surface area contributed by atoms with Crippen LogP contribution in [-0.4, -0.2) is 59.9 Å². The number of allylic oxidation sites excluding steroid dienone is 2. The van der Waals surface area contributed by atoms with Crippen molar-refractivity contribution in [1.82, 2.24) is 15.5 Å². The molecule has 0 aliphatic rings. The number of carbonyl (C=O) groups is 2. The van der Waals surface area contributed by atoms with E-state index in [9.17, 15) is 23.5 Å².